The summed E-state index contributed by atoms with van der Waals surface area (Å²) in [5.74, 6) is -0.257. The Hall–Kier alpha value is -2.92. The first-order valence-electron chi connectivity index (χ1n) is 7.16. The van der Waals surface area contributed by atoms with E-state index in [1.54, 1.807) is 54.7 Å². The van der Waals surface area contributed by atoms with Gasteiger partial charge in [0, 0.05) is 22.6 Å². The van der Waals surface area contributed by atoms with E-state index in [2.05, 4.69) is 15.6 Å². The van der Waals surface area contributed by atoms with Gasteiger partial charge in [-0.2, -0.15) is 0 Å². The Morgan fingerprint density at radius 3 is 2.33 bits per heavy atom. The van der Waals surface area contributed by atoms with Crippen LogP contribution in [0.1, 0.15) is 10.4 Å². The van der Waals surface area contributed by atoms with Crippen molar-refractivity contribution in [2.75, 3.05) is 10.6 Å². The van der Waals surface area contributed by atoms with Gasteiger partial charge in [0.2, 0.25) is 0 Å². The summed E-state index contributed by atoms with van der Waals surface area (Å²) >= 11 is 5.83. The molecule has 0 radical (unpaired) electrons. The average molecular weight is 342 g/mol. The molecule has 0 unspecified atom stereocenters. The Kier molecular flexibility index (Phi) is 4.72. The number of rotatable bonds is 4. The number of amides is 1. The highest BCUT2D eigenvalue weighted by Gasteiger charge is 2.13. The molecular weight excluding hydrogens is 329 g/mol. The SMILES string of the molecule is O=C(Nc1ccc(Cl)cc1)c1cccnc1Nc1ccc(F)cc1. The molecule has 0 spiro atoms. The van der Waals surface area contributed by atoms with E-state index in [1.807, 2.05) is 0 Å². The number of carbonyl (C=O) groups excluding carboxylic acids is 1. The molecule has 2 N–H and O–H groups in total. The lowest BCUT2D eigenvalue weighted by molar-refractivity contribution is 0.102. The largest absolute Gasteiger partial charge is 0.340 e. The van der Waals surface area contributed by atoms with Crippen molar-refractivity contribution in [1.82, 2.24) is 4.98 Å². The molecule has 0 aliphatic rings. The number of pyridine rings is 1. The summed E-state index contributed by atoms with van der Waals surface area (Å²) in [6, 6.07) is 16.0. The Bertz CT molecular complexity index is 851. The van der Waals surface area contributed by atoms with Gasteiger partial charge in [-0.05, 0) is 60.7 Å². The van der Waals surface area contributed by atoms with Gasteiger partial charge in [0.05, 0.1) is 5.56 Å². The first-order valence-corrected chi connectivity index (χ1v) is 7.54. The molecular formula is C18H13ClFN3O. The van der Waals surface area contributed by atoms with Crippen LogP contribution < -0.4 is 10.6 Å². The van der Waals surface area contributed by atoms with E-state index < -0.39 is 0 Å². The van der Waals surface area contributed by atoms with Crippen LogP contribution >= 0.6 is 11.6 Å². The van der Waals surface area contributed by atoms with Gasteiger partial charge in [-0.25, -0.2) is 9.37 Å². The maximum Gasteiger partial charge on any atom is 0.259 e. The second-order valence-electron chi connectivity index (χ2n) is 4.99. The molecule has 0 bridgehead atoms. The van der Waals surface area contributed by atoms with Gasteiger partial charge in [-0.1, -0.05) is 11.6 Å². The Balaban J connectivity index is 1.81. The number of nitrogens with zero attached hydrogens (tertiary/aromatic N) is 1. The molecule has 120 valence electrons. The first kappa shape index (κ1) is 16.0. The van der Waals surface area contributed by atoms with Gasteiger partial charge < -0.3 is 10.6 Å². The fraction of sp³-hybridized carbons (Fsp3) is 0. The van der Waals surface area contributed by atoms with Crippen LogP contribution in [0.2, 0.25) is 5.02 Å². The van der Waals surface area contributed by atoms with Crippen molar-refractivity contribution >= 4 is 34.7 Å². The summed E-state index contributed by atoms with van der Waals surface area (Å²) in [6.07, 6.45) is 1.57. The van der Waals surface area contributed by atoms with Crippen molar-refractivity contribution in [3.8, 4) is 0 Å². The normalized spacial score (nSPS) is 10.2. The van der Waals surface area contributed by atoms with Crippen LogP contribution in [0.5, 0.6) is 0 Å². The number of aromatic nitrogens is 1. The molecule has 0 saturated carbocycles. The van der Waals surface area contributed by atoms with Crippen molar-refractivity contribution in [1.29, 1.82) is 0 Å². The summed E-state index contributed by atoms with van der Waals surface area (Å²) in [5.41, 5.74) is 1.63. The smallest absolute Gasteiger partial charge is 0.259 e. The number of halogens is 2. The molecule has 3 aromatic rings. The molecule has 3 rings (SSSR count). The van der Waals surface area contributed by atoms with Crippen molar-refractivity contribution < 1.29 is 9.18 Å². The van der Waals surface area contributed by atoms with Crippen LogP contribution in [0.3, 0.4) is 0 Å². The molecule has 24 heavy (non-hydrogen) atoms. The van der Waals surface area contributed by atoms with Crippen LogP contribution in [-0.2, 0) is 0 Å². The number of hydrogen-bond donors (Lipinski definition) is 2. The molecule has 1 amide bonds. The van der Waals surface area contributed by atoms with Gasteiger partial charge in [0.15, 0.2) is 0 Å². The van der Waals surface area contributed by atoms with Crippen LogP contribution in [0.15, 0.2) is 66.9 Å². The van der Waals surface area contributed by atoms with E-state index in [1.165, 1.54) is 12.1 Å². The number of anilines is 3. The third kappa shape index (κ3) is 3.88. The van der Waals surface area contributed by atoms with Gasteiger partial charge in [-0.15, -0.1) is 0 Å². The number of nitrogens with one attached hydrogen (secondary N) is 2. The third-order valence-electron chi connectivity index (χ3n) is 3.26. The zero-order valence-electron chi connectivity index (χ0n) is 12.5. The van der Waals surface area contributed by atoms with E-state index >= 15 is 0 Å². The van der Waals surface area contributed by atoms with E-state index in [4.69, 9.17) is 11.6 Å². The van der Waals surface area contributed by atoms with E-state index in [-0.39, 0.29) is 11.7 Å². The second-order valence-corrected chi connectivity index (χ2v) is 5.43. The van der Waals surface area contributed by atoms with Crippen molar-refractivity contribution in [2.24, 2.45) is 0 Å². The van der Waals surface area contributed by atoms with Crippen LogP contribution in [0.25, 0.3) is 0 Å². The minimum atomic E-state index is -0.331. The summed E-state index contributed by atoms with van der Waals surface area (Å²) in [6.45, 7) is 0. The predicted molar refractivity (Wildman–Crippen MR) is 93.3 cm³/mol. The molecule has 0 aliphatic heterocycles. The molecule has 1 aromatic heterocycles. The molecule has 0 saturated heterocycles. The highest BCUT2D eigenvalue weighted by Crippen LogP contribution is 2.20. The van der Waals surface area contributed by atoms with Gasteiger partial charge in [-0.3, -0.25) is 4.79 Å². The third-order valence-corrected chi connectivity index (χ3v) is 3.51. The van der Waals surface area contributed by atoms with Crippen molar-refractivity contribution in [2.45, 2.75) is 0 Å². The zero-order chi connectivity index (χ0) is 16.9. The first-order chi connectivity index (χ1) is 11.6. The lowest BCUT2D eigenvalue weighted by Gasteiger charge is -2.11. The van der Waals surface area contributed by atoms with Gasteiger partial charge in [0.1, 0.15) is 11.6 Å². The minimum absolute atomic E-state index is 0.310. The van der Waals surface area contributed by atoms with E-state index in [0.29, 0.717) is 27.8 Å². The van der Waals surface area contributed by atoms with E-state index in [0.717, 1.165) is 0 Å². The molecule has 1 heterocycles. The fourth-order valence-corrected chi connectivity index (χ4v) is 2.22. The standard InChI is InChI=1S/C18H13ClFN3O/c19-12-3-7-15(8-4-12)23-18(24)16-2-1-11-21-17(16)22-14-9-5-13(20)6-10-14/h1-11H,(H,21,22)(H,23,24). The summed E-state index contributed by atoms with van der Waals surface area (Å²) in [4.78, 5) is 16.7. The Morgan fingerprint density at radius 2 is 1.62 bits per heavy atom. The van der Waals surface area contributed by atoms with Crippen molar-refractivity contribution in [3.63, 3.8) is 0 Å². The lowest BCUT2D eigenvalue weighted by Crippen LogP contribution is -2.14. The zero-order valence-corrected chi connectivity index (χ0v) is 13.2. The molecule has 0 atom stereocenters. The Labute approximate surface area is 143 Å². The quantitative estimate of drug-likeness (QED) is 0.711. The average Bonchev–Trinajstić information content (AvgIpc) is 2.59. The lowest BCUT2D eigenvalue weighted by atomic mass is 10.2. The Morgan fingerprint density at radius 1 is 0.958 bits per heavy atom. The molecule has 2 aromatic carbocycles. The van der Waals surface area contributed by atoms with Gasteiger partial charge in [0.25, 0.3) is 5.91 Å². The summed E-state index contributed by atoms with van der Waals surface area (Å²) in [5, 5.41) is 6.39. The molecule has 4 nitrogen and oxygen atoms in total. The minimum Gasteiger partial charge on any atom is -0.340 e. The second kappa shape index (κ2) is 7.10. The van der Waals surface area contributed by atoms with Gasteiger partial charge >= 0.3 is 0 Å². The topological polar surface area (TPSA) is 54.0 Å². The van der Waals surface area contributed by atoms with Crippen LogP contribution in [-0.4, -0.2) is 10.9 Å². The highest BCUT2D eigenvalue weighted by molar-refractivity contribution is 6.30. The molecule has 0 aliphatic carbocycles. The molecule has 6 heteroatoms. The maximum absolute atomic E-state index is 13.0. The summed E-state index contributed by atoms with van der Waals surface area (Å²) in [7, 11) is 0. The number of hydrogen-bond acceptors (Lipinski definition) is 3. The van der Waals surface area contributed by atoms with Crippen LogP contribution in [0.4, 0.5) is 21.6 Å². The fourth-order valence-electron chi connectivity index (χ4n) is 2.09. The van der Waals surface area contributed by atoms with E-state index in [9.17, 15) is 9.18 Å². The maximum atomic E-state index is 13.0. The van der Waals surface area contributed by atoms with Crippen LogP contribution in [0, 0.1) is 5.82 Å². The number of benzene rings is 2. The number of carbonyl (C=O) groups is 1. The predicted octanol–water partition coefficient (Wildman–Crippen LogP) is 4.87. The molecule has 0 fully saturated rings. The monoisotopic (exact) mass is 341 g/mol. The van der Waals surface area contributed by atoms with Crippen molar-refractivity contribution in [3.05, 3.63) is 83.3 Å². The summed E-state index contributed by atoms with van der Waals surface area (Å²) < 4.78 is 13.0. The highest BCUT2D eigenvalue weighted by atomic mass is 35.5.